The Morgan fingerprint density at radius 3 is 2.62 bits per heavy atom. The summed E-state index contributed by atoms with van der Waals surface area (Å²) < 4.78 is 7.66. The predicted molar refractivity (Wildman–Crippen MR) is 20.3 cm³/mol. The van der Waals surface area contributed by atoms with Gasteiger partial charge in [0.1, 0.15) is 6.42 Å². The molecule has 0 N–H and O–H groups in total. The first-order valence-corrected chi connectivity index (χ1v) is 2.19. The lowest BCUT2D eigenvalue weighted by atomic mass is 10.4. The predicted octanol–water partition coefficient (Wildman–Crippen LogP) is -1.34. The molecule has 0 atom stereocenters. The minimum atomic E-state index is -0.393. The first kappa shape index (κ1) is 5.08. The van der Waals surface area contributed by atoms with Crippen molar-refractivity contribution < 1.29 is 19.4 Å². The van der Waals surface area contributed by atoms with E-state index in [1.165, 1.54) is 0 Å². The summed E-state index contributed by atoms with van der Waals surface area (Å²) in [5.74, 6) is -0.508. The van der Waals surface area contributed by atoms with Crippen LogP contribution in [0.1, 0.15) is 12.8 Å². The zero-order chi connectivity index (χ0) is 5.98. The molecule has 0 saturated carbocycles. The Kier molecular flexibility index (Phi) is 1.15. The molecule has 1 heterocycles. The fourth-order valence-electron chi connectivity index (χ4n) is 0.492. The first-order chi connectivity index (χ1) is 3.83. The Hall–Kier alpha value is -1.06. The van der Waals surface area contributed by atoms with Gasteiger partial charge >= 0.3 is 11.9 Å². The third kappa shape index (κ3) is 0.776. The molecular weight excluding hydrogens is 112 g/mol. The Morgan fingerprint density at radius 2 is 2.38 bits per heavy atom. The maximum absolute atomic E-state index is 10.2. The van der Waals surface area contributed by atoms with Crippen LogP contribution >= 0.6 is 0 Å². The molecule has 44 valence electrons. The molecule has 0 spiro atoms. The van der Waals surface area contributed by atoms with Crippen LogP contribution < -0.4 is 5.26 Å². The summed E-state index contributed by atoms with van der Waals surface area (Å²) in [6.07, 6.45) is 0.569. The fourth-order valence-corrected chi connectivity index (χ4v) is 0.492. The van der Waals surface area contributed by atoms with Crippen LogP contribution in [0.5, 0.6) is 0 Å². The van der Waals surface area contributed by atoms with Gasteiger partial charge in [-0.05, 0) is 0 Å². The second-order valence-corrected chi connectivity index (χ2v) is 1.43. The summed E-state index contributed by atoms with van der Waals surface area (Å²) >= 11 is 0. The lowest BCUT2D eigenvalue weighted by molar-refractivity contribution is -1.05. The number of esters is 2. The molecule has 1 aliphatic heterocycles. The molecule has 0 unspecified atom stereocenters. The van der Waals surface area contributed by atoms with Gasteiger partial charge in [-0.1, -0.05) is 0 Å². The van der Waals surface area contributed by atoms with E-state index in [1.807, 2.05) is 0 Å². The van der Waals surface area contributed by atoms with Crippen LogP contribution in [0.3, 0.4) is 0 Å². The van der Waals surface area contributed by atoms with Gasteiger partial charge in [0.2, 0.25) is 0 Å². The monoisotopic (exact) mass is 116 g/mol. The third-order valence-electron chi connectivity index (χ3n) is 0.854. The van der Waals surface area contributed by atoms with Crippen molar-refractivity contribution in [3.63, 3.8) is 0 Å². The molecule has 1 saturated heterocycles. The molecule has 0 amide bonds. The summed E-state index contributed by atoms with van der Waals surface area (Å²) in [6, 6.07) is 0. The van der Waals surface area contributed by atoms with Gasteiger partial charge < -0.3 is 5.26 Å². The van der Waals surface area contributed by atoms with Crippen molar-refractivity contribution in [2.24, 2.45) is 0 Å². The van der Waals surface area contributed by atoms with Gasteiger partial charge in [-0.3, -0.25) is 4.58 Å². The largest absolute Gasteiger partial charge is 0.588 e. The number of hydrogen-bond donors (Lipinski definition) is 0. The van der Waals surface area contributed by atoms with Gasteiger partial charge in [-0.25, -0.2) is 9.53 Å². The number of rotatable bonds is 0. The molecule has 1 rings (SSSR count). The second-order valence-electron chi connectivity index (χ2n) is 1.43. The third-order valence-corrected chi connectivity index (χ3v) is 0.854. The fraction of sp³-hybridized carbons (Fsp3) is 0.500. The van der Waals surface area contributed by atoms with E-state index < -0.39 is 5.97 Å². The molecule has 4 heteroatoms. The molecule has 8 heavy (non-hydrogen) atoms. The smallest absolute Gasteiger partial charge is 0.506 e. The average Bonchev–Trinajstić information content (AvgIpc) is 2.14. The van der Waals surface area contributed by atoms with Crippen molar-refractivity contribution >= 4 is 11.9 Å². The van der Waals surface area contributed by atoms with E-state index in [9.17, 15) is 10.1 Å². The average molecular weight is 116 g/mol. The molecule has 0 aromatic carbocycles. The topological polar surface area (TPSA) is 60.7 Å². The van der Waals surface area contributed by atoms with Gasteiger partial charge in [0.15, 0.2) is 0 Å². The molecule has 1 fully saturated rings. The van der Waals surface area contributed by atoms with Gasteiger partial charge in [0.25, 0.3) is 0 Å². The molecule has 1 aliphatic rings. The quantitative estimate of drug-likeness (QED) is 0.129. The summed E-state index contributed by atoms with van der Waals surface area (Å²) in [5, 5.41) is 9.46. The molecule has 0 aromatic heterocycles. The van der Waals surface area contributed by atoms with Crippen LogP contribution in [0.25, 0.3) is 0 Å². The summed E-state index contributed by atoms with van der Waals surface area (Å²) in [5.41, 5.74) is 0. The maximum atomic E-state index is 10.2. The normalized spacial score (nSPS) is 24.0. The van der Waals surface area contributed by atoms with Gasteiger partial charge in [-0.2, -0.15) is 0 Å². The van der Waals surface area contributed by atoms with Crippen LogP contribution in [-0.2, 0) is 14.1 Å². The van der Waals surface area contributed by atoms with E-state index in [2.05, 4.69) is 9.31 Å². The SMILES string of the molecule is O=C1CCC(=[O+][O-])O1. The molecule has 4 nitrogen and oxygen atoms in total. The highest BCUT2D eigenvalue weighted by molar-refractivity contribution is 5.92. The maximum Gasteiger partial charge on any atom is 0.506 e. The zero-order valence-corrected chi connectivity index (χ0v) is 4.05. The number of cyclic esters (lactones) is 2. The van der Waals surface area contributed by atoms with Gasteiger partial charge in [0, 0.05) is 0 Å². The standard InChI is InChI=1S/C4H4O4/c5-3-1-2-4(7-3)8-6/h1-2H2. The van der Waals surface area contributed by atoms with E-state index in [4.69, 9.17) is 0 Å². The van der Waals surface area contributed by atoms with E-state index in [0.717, 1.165) is 0 Å². The van der Waals surface area contributed by atoms with Crippen molar-refractivity contribution in [2.45, 2.75) is 12.8 Å². The molecule has 0 aliphatic carbocycles. The summed E-state index contributed by atoms with van der Waals surface area (Å²) in [6.45, 7) is 0. The Morgan fingerprint density at radius 1 is 1.62 bits per heavy atom. The van der Waals surface area contributed by atoms with E-state index >= 15 is 0 Å². The lowest BCUT2D eigenvalue weighted by Crippen LogP contribution is -2.08. The van der Waals surface area contributed by atoms with E-state index in [1.54, 1.807) is 0 Å². The molecular formula is C4H4O4. The van der Waals surface area contributed by atoms with E-state index in [-0.39, 0.29) is 12.4 Å². The van der Waals surface area contributed by atoms with Crippen molar-refractivity contribution in [2.75, 3.05) is 0 Å². The van der Waals surface area contributed by atoms with Crippen LogP contribution in [0.4, 0.5) is 0 Å². The Balaban J connectivity index is 2.56. The van der Waals surface area contributed by atoms with Gasteiger partial charge in [0.05, 0.1) is 6.42 Å². The van der Waals surface area contributed by atoms with Crippen molar-refractivity contribution in [3.05, 3.63) is 0 Å². The van der Waals surface area contributed by atoms with Crippen molar-refractivity contribution in [1.82, 2.24) is 0 Å². The molecule has 0 bridgehead atoms. The minimum absolute atomic E-state index is 0.116. The lowest BCUT2D eigenvalue weighted by Gasteiger charge is -1.77. The second kappa shape index (κ2) is 1.81. The molecule has 0 radical (unpaired) electrons. The van der Waals surface area contributed by atoms with Crippen LogP contribution in [0.15, 0.2) is 0 Å². The van der Waals surface area contributed by atoms with Gasteiger partial charge in [-0.15, -0.1) is 0 Å². The first-order valence-electron chi connectivity index (χ1n) is 2.19. The minimum Gasteiger partial charge on any atom is -0.588 e. The number of carbonyl (C=O) groups excluding carboxylic acids is 2. The van der Waals surface area contributed by atoms with Crippen LogP contribution in [0.2, 0.25) is 0 Å². The number of carbonyl (C=O) groups is 1. The van der Waals surface area contributed by atoms with Crippen LogP contribution in [0, 0.1) is 0 Å². The highest BCUT2D eigenvalue weighted by Gasteiger charge is 2.31. The van der Waals surface area contributed by atoms with Crippen molar-refractivity contribution in [3.8, 4) is 0 Å². The highest BCUT2D eigenvalue weighted by atomic mass is 17.1. The Labute approximate surface area is 45.3 Å². The van der Waals surface area contributed by atoms with Crippen LogP contribution in [-0.4, -0.2) is 11.9 Å². The summed E-state index contributed by atoms with van der Waals surface area (Å²) in [4.78, 5) is 10.2. The highest BCUT2D eigenvalue weighted by Crippen LogP contribution is 2.04. The molecule has 0 aromatic rings. The number of hydrogen-bond acceptors (Lipinski definition) is 3. The summed E-state index contributed by atoms with van der Waals surface area (Å²) in [7, 11) is 0. The van der Waals surface area contributed by atoms with E-state index in [0.29, 0.717) is 6.42 Å². The Bertz CT molecular complexity index is 137. The zero-order valence-electron chi connectivity index (χ0n) is 4.05. The number of ether oxygens (including phenoxy) is 1. The van der Waals surface area contributed by atoms with Crippen molar-refractivity contribution in [1.29, 1.82) is 0 Å².